The SMILES string of the molecule is Cc1cccc(C)c1O.O=C1CCCCCN1. The van der Waals surface area contributed by atoms with Crippen molar-refractivity contribution in [1.82, 2.24) is 5.32 Å². The number of carbonyl (C=O) groups is 1. The molecule has 1 aliphatic rings. The second-order valence-corrected chi connectivity index (χ2v) is 4.40. The van der Waals surface area contributed by atoms with Crippen LogP contribution in [0.15, 0.2) is 18.2 Å². The van der Waals surface area contributed by atoms with Gasteiger partial charge in [-0.2, -0.15) is 0 Å². The van der Waals surface area contributed by atoms with Crippen LogP contribution in [0.2, 0.25) is 0 Å². The molecule has 2 rings (SSSR count). The lowest BCUT2D eigenvalue weighted by Gasteiger charge is -1.99. The maximum Gasteiger partial charge on any atom is 0.219 e. The van der Waals surface area contributed by atoms with Crippen molar-refractivity contribution < 1.29 is 9.90 Å². The first kappa shape index (κ1) is 13.6. The van der Waals surface area contributed by atoms with Gasteiger partial charge in [0, 0.05) is 13.0 Å². The highest BCUT2D eigenvalue weighted by Crippen LogP contribution is 2.19. The Morgan fingerprint density at radius 3 is 2.35 bits per heavy atom. The van der Waals surface area contributed by atoms with Gasteiger partial charge < -0.3 is 10.4 Å². The minimum atomic E-state index is 0.225. The van der Waals surface area contributed by atoms with Gasteiger partial charge in [-0.05, 0) is 37.8 Å². The molecule has 0 spiro atoms. The fourth-order valence-electron chi connectivity index (χ4n) is 1.71. The Labute approximate surface area is 103 Å². The maximum atomic E-state index is 10.6. The van der Waals surface area contributed by atoms with Gasteiger partial charge in [-0.3, -0.25) is 4.79 Å². The third-order valence-electron chi connectivity index (χ3n) is 2.84. The van der Waals surface area contributed by atoms with Crippen LogP contribution in [0.1, 0.15) is 36.8 Å². The van der Waals surface area contributed by atoms with Gasteiger partial charge in [0.2, 0.25) is 5.91 Å². The second kappa shape index (κ2) is 6.94. The molecule has 0 saturated carbocycles. The third kappa shape index (κ3) is 4.89. The third-order valence-corrected chi connectivity index (χ3v) is 2.84. The summed E-state index contributed by atoms with van der Waals surface area (Å²) in [4.78, 5) is 10.6. The highest BCUT2D eigenvalue weighted by molar-refractivity contribution is 5.75. The Bertz CT molecular complexity index is 344. The van der Waals surface area contributed by atoms with Crippen LogP contribution in [-0.4, -0.2) is 17.6 Å². The lowest BCUT2D eigenvalue weighted by Crippen LogP contribution is -2.21. The fourth-order valence-corrected chi connectivity index (χ4v) is 1.71. The number of aromatic hydroxyl groups is 1. The smallest absolute Gasteiger partial charge is 0.219 e. The number of nitrogens with one attached hydrogen (secondary N) is 1. The van der Waals surface area contributed by atoms with Gasteiger partial charge in [0.1, 0.15) is 5.75 Å². The molecule has 0 aromatic heterocycles. The molecule has 1 saturated heterocycles. The average molecular weight is 235 g/mol. The molecule has 94 valence electrons. The maximum absolute atomic E-state index is 10.6. The zero-order chi connectivity index (χ0) is 12.7. The summed E-state index contributed by atoms with van der Waals surface area (Å²) in [5.41, 5.74) is 1.88. The van der Waals surface area contributed by atoms with Crippen molar-refractivity contribution in [2.24, 2.45) is 0 Å². The van der Waals surface area contributed by atoms with Crippen LogP contribution >= 0.6 is 0 Å². The minimum absolute atomic E-state index is 0.225. The minimum Gasteiger partial charge on any atom is -0.507 e. The molecular weight excluding hydrogens is 214 g/mol. The van der Waals surface area contributed by atoms with Crippen molar-refractivity contribution in [3.63, 3.8) is 0 Å². The molecule has 1 amide bonds. The van der Waals surface area contributed by atoms with E-state index in [9.17, 15) is 9.90 Å². The van der Waals surface area contributed by atoms with Gasteiger partial charge >= 0.3 is 0 Å². The van der Waals surface area contributed by atoms with Gasteiger partial charge in [0.25, 0.3) is 0 Å². The summed E-state index contributed by atoms with van der Waals surface area (Å²) in [6, 6.07) is 5.72. The summed E-state index contributed by atoms with van der Waals surface area (Å²) >= 11 is 0. The number of hydrogen-bond acceptors (Lipinski definition) is 2. The number of phenols is 1. The van der Waals surface area contributed by atoms with Gasteiger partial charge in [-0.15, -0.1) is 0 Å². The Morgan fingerprint density at radius 2 is 1.76 bits per heavy atom. The predicted molar refractivity (Wildman–Crippen MR) is 69.1 cm³/mol. The van der Waals surface area contributed by atoms with Crippen molar-refractivity contribution in [2.75, 3.05) is 6.54 Å². The van der Waals surface area contributed by atoms with Crippen LogP contribution in [-0.2, 0) is 4.79 Å². The Morgan fingerprint density at radius 1 is 1.12 bits per heavy atom. The molecule has 1 aromatic carbocycles. The number of amides is 1. The van der Waals surface area contributed by atoms with Crippen LogP contribution in [0, 0.1) is 13.8 Å². The Hall–Kier alpha value is -1.51. The van der Waals surface area contributed by atoms with Crippen LogP contribution in [0.5, 0.6) is 5.75 Å². The highest BCUT2D eigenvalue weighted by Gasteiger charge is 2.03. The standard InChI is InChI=1S/C8H10O.C6H11NO/c1-6-4-3-5-7(2)8(6)9;8-6-4-2-1-3-5-7-6/h3-5,9H,1-2H3;1-5H2,(H,7,8). The Kier molecular flexibility index (Phi) is 5.53. The van der Waals surface area contributed by atoms with Crippen LogP contribution in [0.25, 0.3) is 0 Å². The summed E-state index contributed by atoms with van der Waals surface area (Å²) in [6.07, 6.45) is 4.18. The van der Waals surface area contributed by atoms with Gasteiger partial charge in [0.05, 0.1) is 0 Å². The van der Waals surface area contributed by atoms with E-state index in [1.165, 1.54) is 6.42 Å². The topological polar surface area (TPSA) is 49.3 Å². The van der Waals surface area contributed by atoms with Gasteiger partial charge in [-0.1, -0.05) is 24.6 Å². The zero-order valence-electron chi connectivity index (χ0n) is 10.6. The van der Waals surface area contributed by atoms with E-state index in [1.807, 2.05) is 32.0 Å². The Balaban J connectivity index is 0.000000171. The van der Waals surface area contributed by atoms with Crippen molar-refractivity contribution in [3.8, 4) is 5.75 Å². The van der Waals surface area contributed by atoms with Gasteiger partial charge in [-0.25, -0.2) is 0 Å². The molecule has 17 heavy (non-hydrogen) atoms. The first-order valence-corrected chi connectivity index (χ1v) is 6.13. The lowest BCUT2D eigenvalue weighted by molar-refractivity contribution is -0.120. The number of para-hydroxylation sites is 1. The quantitative estimate of drug-likeness (QED) is 0.726. The molecule has 1 aromatic rings. The molecule has 3 heteroatoms. The van der Waals surface area contributed by atoms with E-state index >= 15 is 0 Å². The molecule has 0 bridgehead atoms. The number of aryl methyl sites for hydroxylation is 2. The number of hydrogen-bond donors (Lipinski definition) is 2. The van der Waals surface area contributed by atoms with Crippen LogP contribution < -0.4 is 5.32 Å². The molecule has 0 atom stereocenters. The van der Waals surface area contributed by atoms with E-state index in [0.717, 1.165) is 36.9 Å². The van der Waals surface area contributed by atoms with E-state index < -0.39 is 0 Å². The number of rotatable bonds is 0. The normalized spacial score (nSPS) is 15.3. The average Bonchev–Trinajstić information content (AvgIpc) is 2.54. The number of carbonyl (C=O) groups excluding carboxylic acids is 1. The highest BCUT2D eigenvalue weighted by atomic mass is 16.3. The summed E-state index contributed by atoms with van der Waals surface area (Å²) in [6.45, 7) is 4.67. The first-order chi connectivity index (χ1) is 8.11. The van der Waals surface area contributed by atoms with Crippen molar-refractivity contribution in [2.45, 2.75) is 39.5 Å². The van der Waals surface area contributed by atoms with Crippen LogP contribution in [0.3, 0.4) is 0 Å². The second-order valence-electron chi connectivity index (χ2n) is 4.40. The molecule has 1 heterocycles. The summed E-state index contributed by atoms with van der Waals surface area (Å²) in [5.74, 6) is 0.639. The van der Waals surface area contributed by atoms with Gasteiger partial charge in [0.15, 0.2) is 0 Å². The molecule has 1 fully saturated rings. The number of benzene rings is 1. The van der Waals surface area contributed by atoms with E-state index in [2.05, 4.69) is 5.32 Å². The van der Waals surface area contributed by atoms with E-state index in [0.29, 0.717) is 5.75 Å². The monoisotopic (exact) mass is 235 g/mol. The molecule has 3 nitrogen and oxygen atoms in total. The molecule has 0 radical (unpaired) electrons. The van der Waals surface area contributed by atoms with E-state index in [-0.39, 0.29) is 5.91 Å². The van der Waals surface area contributed by atoms with E-state index in [1.54, 1.807) is 0 Å². The van der Waals surface area contributed by atoms with Crippen LogP contribution in [0.4, 0.5) is 0 Å². The summed E-state index contributed by atoms with van der Waals surface area (Å²) in [5, 5.41) is 12.0. The molecule has 2 N–H and O–H groups in total. The summed E-state index contributed by atoms with van der Waals surface area (Å²) in [7, 11) is 0. The van der Waals surface area contributed by atoms with Crippen molar-refractivity contribution in [3.05, 3.63) is 29.3 Å². The fraction of sp³-hybridized carbons (Fsp3) is 0.500. The predicted octanol–water partition coefficient (Wildman–Crippen LogP) is 2.69. The van der Waals surface area contributed by atoms with Crippen molar-refractivity contribution in [1.29, 1.82) is 0 Å². The van der Waals surface area contributed by atoms with Crippen molar-refractivity contribution >= 4 is 5.91 Å². The molecule has 0 aliphatic carbocycles. The molecule has 1 aliphatic heterocycles. The number of phenolic OH excluding ortho intramolecular Hbond substituents is 1. The van der Waals surface area contributed by atoms with E-state index in [4.69, 9.17) is 0 Å². The largest absolute Gasteiger partial charge is 0.507 e. The first-order valence-electron chi connectivity index (χ1n) is 6.13. The lowest BCUT2D eigenvalue weighted by atomic mass is 10.1. The summed E-state index contributed by atoms with van der Waals surface area (Å²) < 4.78 is 0. The zero-order valence-corrected chi connectivity index (χ0v) is 10.6. The molecular formula is C14H21NO2. The molecule has 0 unspecified atom stereocenters.